The fourth-order valence-corrected chi connectivity index (χ4v) is 5.58. The van der Waals surface area contributed by atoms with Crippen molar-refractivity contribution in [2.75, 3.05) is 25.5 Å². The maximum Gasteiger partial charge on any atom is 0.259 e. The van der Waals surface area contributed by atoms with Gasteiger partial charge in [0.25, 0.3) is 5.91 Å². The van der Waals surface area contributed by atoms with Crippen molar-refractivity contribution in [1.29, 1.82) is 0 Å². The lowest BCUT2D eigenvalue weighted by Gasteiger charge is -2.20. The van der Waals surface area contributed by atoms with Crippen LogP contribution < -0.4 is 19.5 Å². The van der Waals surface area contributed by atoms with Crippen LogP contribution in [0.2, 0.25) is 0 Å². The number of fused-ring (bicyclic) bond motifs is 2. The molecule has 0 aliphatic carbocycles. The van der Waals surface area contributed by atoms with Crippen LogP contribution in [0.5, 0.6) is 28.7 Å². The Hall–Kier alpha value is -3.56. The lowest BCUT2D eigenvalue weighted by molar-refractivity contribution is 0.102. The summed E-state index contributed by atoms with van der Waals surface area (Å²) in [6.45, 7) is 0.837. The molecule has 1 saturated heterocycles. The van der Waals surface area contributed by atoms with E-state index in [1.165, 1.54) is 23.5 Å². The van der Waals surface area contributed by atoms with E-state index in [9.17, 15) is 13.2 Å². The summed E-state index contributed by atoms with van der Waals surface area (Å²) in [6.07, 6.45) is 1.57. The van der Waals surface area contributed by atoms with Gasteiger partial charge in [-0.2, -0.15) is 4.31 Å². The average molecular weight is 467 g/mol. The van der Waals surface area contributed by atoms with Crippen molar-refractivity contribution in [2.24, 2.45) is 0 Å². The molecule has 170 valence electrons. The molecular weight excluding hydrogens is 444 g/mol. The predicted octanol–water partition coefficient (Wildman–Crippen LogP) is 4.63. The molecule has 2 aliphatic heterocycles. The number of carbonyl (C=O) groups is 1. The third-order valence-electron chi connectivity index (χ3n) is 5.62. The van der Waals surface area contributed by atoms with Crippen LogP contribution in [0.4, 0.5) is 5.69 Å². The van der Waals surface area contributed by atoms with E-state index >= 15 is 0 Å². The Morgan fingerprint density at radius 3 is 2.36 bits per heavy atom. The third-order valence-corrected chi connectivity index (χ3v) is 7.54. The Labute approximate surface area is 191 Å². The van der Waals surface area contributed by atoms with Crippen LogP contribution >= 0.6 is 0 Å². The van der Waals surface area contributed by atoms with Gasteiger partial charge in [0.1, 0.15) is 10.6 Å². The lowest BCUT2D eigenvalue weighted by Crippen LogP contribution is -2.28. The Kier molecular flexibility index (Phi) is 5.43. The number of sulfonamides is 1. The van der Waals surface area contributed by atoms with Crippen LogP contribution in [0.25, 0.3) is 0 Å². The number of carbonyl (C=O) groups excluding carboxylic acids is 1. The third kappa shape index (κ3) is 3.90. The Morgan fingerprint density at radius 2 is 1.61 bits per heavy atom. The zero-order chi connectivity index (χ0) is 23.0. The number of rotatable bonds is 5. The van der Waals surface area contributed by atoms with Gasteiger partial charge in [-0.1, -0.05) is 24.3 Å². The molecule has 1 amide bonds. The molecule has 0 radical (unpaired) electrons. The molecule has 3 aromatic rings. The summed E-state index contributed by atoms with van der Waals surface area (Å²) in [6, 6.07) is 16.7. The molecule has 2 heterocycles. The molecule has 2 aliphatic rings. The molecule has 0 saturated carbocycles. The van der Waals surface area contributed by atoms with Crippen molar-refractivity contribution in [1.82, 2.24) is 4.31 Å². The highest BCUT2D eigenvalue weighted by atomic mass is 32.2. The number of anilines is 1. The molecule has 0 atom stereocenters. The Morgan fingerprint density at radius 1 is 0.909 bits per heavy atom. The monoisotopic (exact) mass is 466 g/mol. The first kappa shape index (κ1) is 21.3. The van der Waals surface area contributed by atoms with Gasteiger partial charge in [0.2, 0.25) is 10.0 Å². The standard InChI is InChI=1S/C24H22N2O6S/c1-30-19-10-4-5-11-20(19)32-22-15-21-16(14-23(22)33(28,29)26-12-6-7-13-26)24(27)25-17-8-2-3-9-18(17)31-21/h2-5,8-11,14-15H,6-7,12-13H2,1H3,(H,25,27). The zero-order valence-electron chi connectivity index (χ0n) is 17.9. The molecule has 33 heavy (non-hydrogen) atoms. The Balaban J connectivity index is 1.68. The summed E-state index contributed by atoms with van der Waals surface area (Å²) in [7, 11) is -2.41. The number of amides is 1. The van der Waals surface area contributed by atoms with Gasteiger partial charge in [0.15, 0.2) is 23.0 Å². The fourth-order valence-electron chi connectivity index (χ4n) is 3.94. The highest BCUT2D eigenvalue weighted by Crippen LogP contribution is 2.43. The first-order valence-corrected chi connectivity index (χ1v) is 12.0. The first-order valence-electron chi connectivity index (χ1n) is 10.5. The second kappa shape index (κ2) is 8.42. The van der Waals surface area contributed by atoms with Crippen molar-refractivity contribution >= 4 is 21.6 Å². The van der Waals surface area contributed by atoms with Crippen molar-refractivity contribution in [2.45, 2.75) is 17.7 Å². The second-order valence-corrected chi connectivity index (χ2v) is 9.62. The second-order valence-electron chi connectivity index (χ2n) is 7.71. The zero-order valence-corrected chi connectivity index (χ0v) is 18.7. The lowest BCUT2D eigenvalue weighted by atomic mass is 10.1. The van der Waals surface area contributed by atoms with Crippen molar-refractivity contribution < 1.29 is 27.4 Å². The first-order chi connectivity index (χ1) is 16.0. The van der Waals surface area contributed by atoms with E-state index in [1.807, 2.05) is 0 Å². The van der Waals surface area contributed by atoms with Crippen LogP contribution in [0.15, 0.2) is 65.6 Å². The average Bonchev–Trinajstić information content (AvgIpc) is 3.32. The smallest absolute Gasteiger partial charge is 0.259 e. The number of ether oxygens (including phenoxy) is 3. The Bertz CT molecular complexity index is 1330. The van der Waals surface area contributed by atoms with E-state index in [1.54, 1.807) is 48.5 Å². The minimum Gasteiger partial charge on any atom is -0.493 e. The minimum atomic E-state index is -3.91. The van der Waals surface area contributed by atoms with Gasteiger partial charge in [0, 0.05) is 19.2 Å². The van der Waals surface area contributed by atoms with E-state index < -0.39 is 15.9 Å². The van der Waals surface area contributed by atoms with E-state index in [-0.39, 0.29) is 22.0 Å². The minimum absolute atomic E-state index is 0.0531. The van der Waals surface area contributed by atoms with Crippen LogP contribution in [0.3, 0.4) is 0 Å². The summed E-state index contributed by atoms with van der Waals surface area (Å²) in [5.74, 6) is 1.02. The molecule has 9 heteroatoms. The van der Waals surface area contributed by atoms with Gasteiger partial charge in [-0.05, 0) is 43.2 Å². The highest BCUT2D eigenvalue weighted by molar-refractivity contribution is 7.89. The van der Waals surface area contributed by atoms with Gasteiger partial charge >= 0.3 is 0 Å². The van der Waals surface area contributed by atoms with Crippen molar-refractivity contribution in [3.8, 4) is 28.7 Å². The molecule has 0 unspecified atom stereocenters. The summed E-state index contributed by atoms with van der Waals surface area (Å²) in [5, 5.41) is 2.78. The van der Waals surface area contributed by atoms with Gasteiger partial charge in [-0.25, -0.2) is 8.42 Å². The molecule has 0 spiro atoms. The number of benzene rings is 3. The highest BCUT2D eigenvalue weighted by Gasteiger charge is 2.34. The molecule has 8 nitrogen and oxygen atoms in total. The molecule has 3 aromatic carbocycles. The van der Waals surface area contributed by atoms with Gasteiger partial charge in [0.05, 0.1) is 18.4 Å². The predicted molar refractivity (Wildman–Crippen MR) is 122 cm³/mol. The summed E-state index contributed by atoms with van der Waals surface area (Å²) in [5.41, 5.74) is 0.603. The van der Waals surface area contributed by atoms with Crippen LogP contribution in [-0.2, 0) is 10.0 Å². The molecule has 0 bridgehead atoms. The van der Waals surface area contributed by atoms with Crippen molar-refractivity contribution in [3.63, 3.8) is 0 Å². The maximum absolute atomic E-state index is 13.5. The number of hydrogen-bond acceptors (Lipinski definition) is 6. The molecular formula is C24H22N2O6S. The van der Waals surface area contributed by atoms with Crippen molar-refractivity contribution in [3.05, 3.63) is 66.2 Å². The van der Waals surface area contributed by atoms with E-state index in [0.29, 0.717) is 36.0 Å². The number of methoxy groups -OCH3 is 1. The van der Waals surface area contributed by atoms with Gasteiger partial charge in [-0.15, -0.1) is 0 Å². The summed E-state index contributed by atoms with van der Waals surface area (Å²) in [4.78, 5) is 12.9. The number of hydrogen-bond donors (Lipinski definition) is 1. The quantitative estimate of drug-likeness (QED) is 0.589. The van der Waals surface area contributed by atoms with Gasteiger partial charge in [-0.3, -0.25) is 4.79 Å². The molecule has 5 rings (SSSR count). The number of nitrogens with one attached hydrogen (secondary N) is 1. The SMILES string of the molecule is COc1ccccc1Oc1cc2c(cc1S(=O)(=O)N1CCCC1)C(=O)Nc1ccccc1O2. The normalized spacial score (nSPS) is 15.6. The largest absolute Gasteiger partial charge is 0.493 e. The van der Waals surface area contributed by atoms with E-state index in [4.69, 9.17) is 14.2 Å². The van der Waals surface area contributed by atoms with Gasteiger partial charge < -0.3 is 19.5 Å². The fraction of sp³-hybridized carbons (Fsp3) is 0.208. The number of para-hydroxylation sites is 4. The van der Waals surface area contributed by atoms with Crippen LogP contribution in [0, 0.1) is 0 Å². The van der Waals surface area contributed by atoms with E-state index in [0.717, 1.165) is 12.8 Å². The topological polar surface area (TPSA) is 94.2 Å². The molecule has 0 aromatic heterocycles. The van der Waals surface area contributed by atoms with Crippen LogP contribution in [-0.4, -0.2) is 38.8 Å². The maximum atomic E-state index is 13.5. The van der Waals surface area contributed by atoms with E-state index in [2.05, 4.69) is 5.32 Å². The molecule has 1 fully saturated rings. The van der Waals surface area contributed by atoms with Crippen LogP contribution in [0.1, 0.15) is 23.2 Å². The molecule has 1 N–H and O–H groups in total. The summed E-state index contributed by atoms with van der Waals surface area (Å²) < 4.78 is 45.9. The number of nitrogens with zero attached hydrogens (tertiary/aromatic N) is 1. The summed E-state index contributed by atoms with van der Waals surface area (Å²) >= 11 is 0.